The van der Waals surface area contributed by atoms with Crippen LogP contribution in [0, 0.1) is 17.0 Å². The zero-order chi connectivity index (χ0) is 21.1. The molecule has 0 aliphatic rings. The Bertz CT molecular complexity index is 1310. The number of fused-ring (bicyclic) bond motifs is 1. The average molecular weight is 417 g/mol. The zero-order valence-electron chi connectivity index (χ0n) is 15.8. The number of thiazole rings is 1. The largest absolute Gasteiger partial charge is 0.505 e. The van der Waals surface area contributed by atoms with Gasteiger partial charge in [-0.05, 0) is 36.8 Å². The Morgan fingerprint density at radius 1 is 1.07 bits per heavy atom. The van der Waals surface area contributed by atoms with Crippen molar-refractivity contribution in [2.24, 2.45) is 15.2 Å². The molecule has 30 heavy (non-hydrogen) atoms. The van der Waals surface area contributed by atoms with Gasteiger partial charge in [-0.2, -0.15) is 5.11 Å². The normalized spacial score (nSPS) is 11.6. The number of nitro groups is 1. The number of nitrogens with zero attached hydrogens (tertiary/aromatic N) is 5. The first-order chi connectivity index (χ1) is 14.5. The monoisotopic (exact) mass is 417 g/mol. The summed E-state index contributed by atoms with van der Waals surface area (Å²) in [6.45, 7) is 1.93. The van der Waals surface area contributed by atoms with Crippen molar-refractivity contribution in [2.45, 2.75) is 6.92 Å². The average Bonchev–Trinajstić information content (AvgIpc) is 3.15. The van der Waals surface area contributed by atoms with Gasteiger partial charge in [0.1, 0.15) is 5.69 Å². The zero-order valence-corrected chi connectivity index (χ0v) is 16.6. The number of hydrogen-bond acceptors (Lipinski definition) is 8. The summed E-state index contributed by atoms with van der Waals surface area (Å²) in [5.74, 6) is -0.0460. The van der Waals surface area contributed by atoms with E-state index in [9.17, 15) is 15.2 Å². The lowest BCUT2D eigenvalue weighted by atomic mass is 10.2. The summed E-state index contributed by atoms with van der Waals surface area (Å²) < 4.78 is 0.790. The molecule has 9 heteroatoms. The van der Waals surface area contributed by atoms with Crippen LogP contribution < -0.4 is 0 Å². The number of azo groups is 1. The molecule has 0 unspecified atom stereocenters. The van der Waals surface area contributed by atoms with Crippen LogP contribution in [0.25, 0.3) is 10.2 Å². The van der Waals surface area contributed by atoms with E-state index in [-0.39, 0.29) is 11.4 Å². The number of aromatic hydroxyl groups is 1. The lowest BCUT2D eigenvalue weighted by Crippen LogP contribution is -1.86. The Morgan fingerprint density at radius 3 is 2.63 bits per heavy atom. The molecule has 0 aliphatic heterocycles. The van der Waals surface area contributed by atoms with E-state index in [1.807, 2.05) is 31.2 Å². The maximum atomic E-state index is 10.9. The van der Waals surface area contributed by atoms with Crippen molar-refractivity contribution in [2.75, 3.05) is 0 Å². The first kappa shape index (κ1) is 19.3. The number of benzene rings is 3. The highest BCUT2D eigenvalue weighted by Crippen LogP contribution is 2.33. The Hall–Kier alpha value is -3.98. The summed E-state index contributed by atoms with van der Waals surface area (Å²) >= 11 is 1.30. The number of para-hydroxylation sites is 1. The molecule has 3 aromatic carbocycles. The number of aliphatic imine (C=N–C) groups is 1. The maximum absolute atomic E-state index is 10.9. The van der Waals surface area contributed by atoms with E-state index in [2.05, 4.69) is 20.2 Å². The number of rotatable bonds is 5. The van der Waals surface area contributed by atoms with Crippen molar-refractivity contribution in [3.05, 3.63) is 81.9 Å². The third-order valence-electron chi connectivity index (χ3n) is 4.31. The number of aromatic nitrogens is 1. The Balaban J connectivity index is 1.60. The second kappa shape index (κ2) is 8.18. The van der Waals surface area contributed by atoms with Crippen LogP contribution in [0.3, 0.4) is 0 Å². The molecule has 0 atom stereocenters. The van der Waals surface area contributed by atoms with Gasteiger partial charge in [0.05, 0.1) is 20.8 Å². The fourth-order valence-corrected chi connectivity index (χ4v) is 3.51. The molecule has 0 radical (unpaired) electrons. The number of phenolic OH excluding ortho intramolecular Hbond substituents is 1. The van der Waals surface area contributed by atoms with Crippen LogP contribution in [0.1, 0.15) is 11.1 Å². The Morgan fingerprint density at radius 2 is 1.83 bits per heavy atom. The first-order valence-electron chi connectivity index (χ1n) is 8.89. The van der Waals surface area contributed by atoms with E-state index in [0.717, 1.165) is 16.0 Å². The Kier molecular flexibility index (Phi) is 5.27. The SMILES string of the molecule is Cc1ccccc1N=Nc1cccc(/C=N/c2nc3cc([N+](=O)[O-])ccc3s2)c1O. The van der Waals surface area contributed by atoms with Crippen LogP contribution in [0.4, 0.5) is 22.2 Å². The number of non-ortho nitro benzene ring substituents is 1. The molecule has 0 spiro atoms. The standard InChI is InChI=1S/C21H15N5O3S/c1-13-5-2-3-7-16(13)24-25-17-8-4-6-14(20(17)27)12-22-21-23-18-11-15(26(28)29)9-10-19(18)30-21/h2-12,27H,1H3/b22-12+,25-24?. The van der Waals surface area contributed by atoms with Gasteiger partial charge in [0.15, 0.2) is 5.75 Å². The summed E-state index contributed by atoms with van der Waals surface area (Å²) in [6, 6.07) is 17.2. The van der Waals surface area contributed by atoms with Gasteiger partial charge in [-0.15, -0.1) is 5.11 Å². The molecule has 0 fully saturated rings. The van der Waals surface area contributed by atoms with Crippen LogP contribution >= 0.6 is 11.3 Å². The molecule has 4 rings (SSSR count). The first-order valence-corrected chi connectivity index (χ1v) is 9.71. The molecular weight excluding hydrogens is 402 g/mol. The van der Waals surface area contributed by atoms with E-state index in [1.165, 1.54) is 29.7 Å². The molecular formula is C21H15N5O3S. The van der Waals surface area contributed by atoms with Gasteiger partial charge in [0, 0.05) is 23.9 Å². The molecule has 0 saturated carbocycles. The van der Waals surface area contributed by atoms with Crippen molar-refractivity contribution in [3.63, 3.8) is 0 Å². The highest BCUT2D eigenvalue weighted by molar-refractivity contribution is 7.22. The molecule has 0 saturated heterocycles. The molecule has 1 aromatic heterocycles. The van der Waals surface area contributed by atoms with Crippen LogP contribution in [0.5, 0.6) is 5.75 Å². The van der Waals surface area contributed by atoms with Crippen molar-refractivity contribution >= 4 is 50.0 Å². The molecule has 1 heterocycles. The van der Waals surface area contributed by atoms with E-state index < -0.39 is 4.92 Å². The number of nitro benzene ring substituents is 1. The summed E-state index contributed by atoms with van der Waals surface area (Å²) in [5, 5.41) is 30.2. The van der Waals surface area contributed by atoms with Gasteiger partial charge in [-0.3, -0.25) is 10.1 Å². The second-order valence-electron chi connectivity index (χ2n) is 6.37. The second-order valence-corrected chi connectivity index (χ2v) is 7.37. The molecule has 4 aromatic rings. The smallest absolute Gasteiger partial charge is 0.271 e. The van der Waals surface area contributed by atoms with Crippen LogP contribution in [-0.2, 0) is 0 Å². The summed E-state index contributed by atoms with van der Waals surface area (Å²) in [7, 11) is 0. The highest BCUT2D eigenvalue weighted by atomic mass is 32.1. The quantitative estimate of drug-likeness (QED) is 0.175. The predicted molar refractivity (Wildman–Crippen MR) is 117 cm³/mol. The lowest BCUT2D eigenvalue weighted by molar-refractivity contribution is -0.384. The topological polar surface area (TPSA) is 113 Å². The van der Waals surface area contributed by atoms with Gasteiger partial charge in [0.25, 0.3) is 5.69 Å². The van der Waals surface area contributed by atoms with E-state index in [4.69, 9.17) is 0 Å². The number of hydrogen-bond donors (Lipinski definition) is 1. The van der Waals surface area contributed by atoms with Crippen molar-refractivity contribution in [1.29, 1.82) is 0 Å². The highest BCUT2D eigenvalue weighted by Gasteiger charge is 2.10. The van der Waals surface area contributed by atoms with Gasteiger partial charge in [0.2, 0.25) is 5.13 Å². The minimum Gasteiger partial charge on any atom is -0.505 e. The maximum Gasteiger partial charge on any atom is 0.271 e. The molecule has 0 bridgehead atoms. The minimum atomic E-state index is -0.462. The molecule has 0 amide bonds. The lowest BCUT2D eigenvalue weighted by Gasteiger charge is -2.02. The van der Waals surface area contributed by atoms with Crippen LogP contribution in [-0.4, -0.2) is 21.2 Å². The fraction of sp³-hybridized carbons (Fsp3) is 0.0476. The molecule has 0 aliphatic carbocycles. The third-order valence-corrected chi connectivity index (χ3v) is 5.26. The minimum absolute atomic E-state index is 0.0207. The van der Waals surface area contributed by atoms with Crippen molar-refractivity contribution in [1.82, 2.24) is 4.98 Å². The molecule has 8 nitrogen and oxygen atoms in total. The Labute approximate surface area is 175 Å². The van der Waals surface area contributed by atoms with Crippen molar-refractivity contribution < 1.29 is 10.0 Å². The van der Waals surface area contributed by atoms with Gasteiger partial charge < -0.3 is 5.11 Å². The van der Waals surface area contributed by atoms with Crippen molar-refractivity contribution in [3.8, 4) is 5.75 Å². The summed E-state index contributed by atoms with van der Waals surface area (Å²) in [4.78, 5) is 19.0. The number of phenols is 1. The summed E-state index contributed by atoms with van der Waals surface area (Å²) in [6.07, 6.45) is 1.48. The van der Waals surface area contributed by atoms with Gasteiger partial charge >= 0.3 is 0 Å². The van der Waals surface area contributed by atoms with Crippen LogP contribution in [0.2, 0.25) is 0 Å². The van der Waals surface area contributed by atoms with Gasteiger partial charge in [-0.1, -0.05) is 35.6 Å². The van der Waals surface area contributed by atoms with E-state index in [1.54, 1.807) is 24.3 Å². The molecule has 1 N–H and O–H groups in total. The molecule has 148 valence electrons. The van der Waals surface area contributed by atoms with E-state index in [0.29, 0.717) is 21.9 Å². The van der Waals surface area contributed by atoms with Crippen LogP contribution in [0.15, 0.2) is 75.9 Å². The van der Waals surface area contributed by atoms with Gasteiger partial charge in [-0.25, -0.2) is 9.98 Å². The fourth-order valence-electron chi connectivity index (χ4n) is 2.71. The van der Waals surface area contributed by atoms with E-state index >= 15 is 0 Å². The summed E-state index contributed by atoms with van der Waals surface area (Å²) in [5.41, 5.74) is 2.97. The predicted octanol–water partition coefficient (Wildman–Crippen LogP) is 6.38. The number of aryl methyl sites for hydroxylation is 1. The third kappa shape index (κ3) is 4.06.